The van der Waals surface area contributed by atoms with Gasteiger partial charge in [0.05, 0.1) is 24.6 Å². The topological polar surface area (TPSA) is 73.6 Å². The first-order chi connectivity index (χ1) is 7.72. The number of nitrogens with two attached hydrogens (primary N) is 1. The summed E-state index contributed by atoms with van der Waals surface area (Å²) >= 11 is 0. The van der Waals surface area contributed by atoms with Gasteiger partial charge in [-0.3, -0.25) is 4.79 Å². The van der Waals surface area contributed by atoms with Gasteiger partial charge in [0.15, 0.2) is 0 Å². The van der Waals surface area contributed by atoms with Crippen molar-refractivity contribution in [3.8, 4) is 11.5 Å². The van der Waals surface area contributed by atoms with Gasteiger partial charge >= 0.3 is 0 Å². The van der Waals surface area contributed by atoms with E-state index in [1.807, 2.05) is 13.8 Å². The van der Waals surface area contributed by atoms with Crippen LogP contribution in [0.5, 0.6) is 11.5 Å². The summed E-state index contributed by atoms with van der Waals surface area (Å²) in [5.74, 6) is 1.07. The molecule has 0 heterocycles. The summed E-state index contributed by atoms with van der Waals surface area (Å²) in [5, 5.41) is 2.55. The van der Waals surface area contributed by atoms with Gasteiger partial charge in [0.25, 0.3) is 0 Å². The van der Waals surface area contributed by atoms with E-state index < -0.39 is 0 Å². The molecule has 0 fully saturated rings. The molecule has 1 amide bonds. The average Bonchev–Trinajstić information content (AvgIpc) is 2.25. The number of carbonyl (C=O) groups excluding carboxylic acids is 1. The summed E-state index contributed by atoms with van der Waals surface area (Å²) in [7, 11) is 0. The predicted octanol–water partition coefficient (Wildman–Crippen LogP) is 1.63. The van der Waals surface area contributed by atoms with Crippen LogP contribution in [0.4, 0.5) is 11.4 Å². The molecule has 0 radical (unpaired) electrons. The zero-order valence-electron chi connectivity index (χ0n) is 9.45. The van der Waals surface area contributed by atoms with Crippen molar-refractivity contribution in [3.63, 3.8) is 0 Å². The molecule has 0 unspecified atom stereocenters. The fourth-order valence-corrected chi connectivity index (χ4v) is 1.31. The number of anilines is 2. The normalized spacial score (nSPS) is 9.62. The Morgan fingerprint density at radius 2 is 1.88 bits per heavy atom. The van der Waals surface area contributed by atoms with Gasteiger partial charge in [0, 0.05) is 12.1 Å². The molecule has 1 rings (SSSR count). The van der Waals surface area contributed by atoms with E-state index in [0.717, 1.165) is 0 Å². The van der Waals surface area contributed by atoms with Gasteiger partial charge in [0.1, 0.15) is 11.5 Å². The number of benzene rings is 1. The zero-order chi connectivity index (χ0) is 12.0. The minimum absolute atomic E-state index is 0.488. The SMILES string of the molecule is CCOc1cc(NC=O)c(OCC)cc1N. The maximum absolute atomic E-state index is 10.4. The Kier molecular flexibility index (Phi) is 4.44. The highest BCUT2D eigenvalue weighted by molar-refractivity contribution is 5.79. The van der Waals surface area contributed by atoms with Crippen molar-refractivity contribution in [3.05, 3.63) is 12.1 Å². The van der Waals surface area contributed by atoms with E-state index >= 15 is 0 Å². The third-order valence-corrected chi connectivity index (χ3v) is 1.93. The van der Waals surface area contributed by atoms with E-state index in [1.54, 1.807) is 12.1 Å². The summed E-state index contributed by atoms with van der Waals surface area (Å²) in [6.45, 7) is 4.74. The molecule has 5 heteroatoms. The van der Waals surface area contributed by atoms with Gasteiger partial charge in [-0.2, -0.15) is 0 Å². The summed E-state index contributed by atoms with van der Waals surface area (Å²) in [6.07, 6.45) is 0.587. The van der Waals surface area contributed by atoms with Crippen LogP contribution in [0.25, 0.3) is 0 Å². The minimum Gasteiger partial charge on any atom is -0.492 e. The van der Waals surface area contributed by atoms with Crippen molar-refractivity contribution in [1.82, 2.24) is 0 Å². The Morgan fingerprint density at radius 3 is 2.44 bits per heavy atom. The number of nitrogen functional groups attached to an aromatic ring is 1. The first-order valence-corrected chi connectivity index (χ1v) is 5.12. The lowest BCUT2D eigenvalue weighted by atomic mass is 10.2. The van der Waals surface area contributed by atoms with Gasteiger partial charge in [-0.15, -0.1) is 0 Å². The van der Waals surface area contributed by atoms with Gasteiger partial charge in [0.2, 0.25) is 6.41 Å². The van der Waals surface area contributed by atoms with E-state index in [9.17, 15) is 4.79 Å². The molecular weight excluding hydrogens is 208 g/mol. The van der Waals surface area contributed by atoms with Crippen LogP contribution in [0.15, 0.2) is 12.1 Å². The molecule has 1 aromatic rings. The molecule has 0 aliphatic heterocycles. The first-order valence-electron chi connectivity index (χ1n) is 5.12. The lowest BCUT2D eigenvalue weighted by molar-refractivity contribution is -0.105. The number of ether oxygens (including phenoxy) is 2. The lowest BCUT2D eigenvalue weighted by Gasteiger charge is -2.13. The van der Waals surface area contributed by atoms with Gasteiger partial charge in [-0.05, 0) is 13.8 Å². The summed E-state index contributed by atoms with van der Waals surface area (Å²) < 4.78 is 10.7. The molecule has 0 aliphatic carbocycles. The molecule has 16 heavy (non-hydrogen) atoms. The van der Waals surface area contributed by atoms with Crippen LogP contribution in [-0.2, 0) is 4.79 Å². The molecule has 0 saturated heterocycles. The monoisotopic (exact) mass is 224 g/mol. The van der Waals surface area contributed by atoms with Crippen LogP contribution < -0.4 is 20.5 Å². The van der Waals surface area contributed by atoms with Crippen LogP contribution in [0, 0.1) is 0 Å². The highest BCUT2D eigenvalue weighted by Gasteiger charge is 2.09. The van der Waals surface area contributed by atoms with E-state index in [2.05, 4.69) is 5.32 Å². The predicted molar refractivity (Wildman–Crippen MR) is 62.9 cm³/mol. The molecular formula is C11H16N2O3. The van der Waals surface area contributed by atoms with Crippen molar-refractivity contribution < 1.29 is 14.3 Å². The molecule has 3 N–H and O–H groups in total. The molecule has 0 saturated carbocycles. The molecule has 5 nitrogen and oxygen atoms in total. The Morgan fingerprint density at radius 1 is 1.25 bits per heavy atom. The summed E-state index contributed by atoms with van der Waals surface area (Å²) in [6, 6.07) is 3.29. The third-order valence-electron chi connectivity index (χ3n) is 1.93. The molecule has 88 valence electrons. The fraction of sp³-hybridized carbons (Fsp3) is 0.364. The Labute approximate surface area is 94.5 Å². The molecule has 0 spiro atoms. The average molecular weight is 224 g/mol. The largest absolute Gasteiger partial charge is 0.492 e. The third kappa shape index (κ3) is 2.79. The molecule has 0 bridgehead atoms. The lowest BCUT2D eigenvalue weighted by Crippen LogP contribution is -2.03. The number of nitrogens with one attached hydrogen (secondary N) is 1. The Bertz CT molecular complexity index is 366. The number of hydrogen-bond donors (Lipinski definition) is 2. The zero-order valence-corrected chi connectivity index (χ0v) is 9.45. The smallest absolute Gasteiger partial charge is 0.211 e. The fourth-order valence-electron chi connectivity index (χ4n) is 1.31. The molecule has 0 aliphatic rings. The van der Waals surface area contributed by atoms with Crippen LogP contribution in [-0.4, -0.2) is 19.6 Å². The molecule has 0 aromatic heterocycles. The van der Waals surface area contributed by atoms with Gasteiger partial charge < -0.3 is 20.5 Å². The van der Waals surface area contributed by atoms with Crippen LogP contribution in [0.1, 0.15) is 13.8 Å². The Hall–Kier alpha value is -1.91. The van der Waals surface area contributed by atoms with Crippen molar-refractivity contribution in [2.45, 2.75) is 13.8 Å². The maximum atomic E-state index is 10.4. The summed E-state index contributed by atoms with van der Waals surface area (Å²) in [4.78, 5) is 10.4. The summed E-state index contributed by atoms with van der Waals surface area (Å²) in [5.41, 5.74) is 6.82. The number of hydrogen-bond acceptors (Lipinski definition) is 4. The Balaban J connectivity index is 3.08. The van der Waals surface area contributed by atoms with Crippen molar-refractivity contribution in [1.29, 1.82) is 0 Å². The number of rotatable bonds is 6. The van der Waals surface area contributed by atoms with E-state index in [1.165, 1.54) is 0 Å². The second-order valence-corrected chi connectivity index (χ2v) is 3.01. The highest BCUT2D eigenvalue weighted by atomic mass is 16.5. The van der Waals surface area contributed by atoms with E-state index in [4.69, 9.17) is 15.2 Å². The molecule has 1 aromatic carbocycles. The second kappa shape index (κ2) is 5.85. The highest BCUT2D eigenvalue weighted by Crippen LogP contribution is 2.34. The van der Waals surface area contributed by atoms with Crippen LogP contribution in [0.3, 0.4) is 0 Å². The van der Waals surface area contributed by atoms with E-state index in [0.29, 0.717) is 42.5 Å². The van der Waals surface area contributed by atoms with Crippen molar-refractivity contribution in [2.24, 2.45) is 0 Å². The van der Waals surface area contributed by atoms with Crippen molar-refractivity contribution >= 4 is 17.8 Å². The maximum Gasteiger partial charge on any atom is 0.211 e. The standard InChI is InChI=1S/C11H16N2O3/c1-3-15-10-6-9(13-7-14)11(16-4-2)5-8(10)12/h5-7H,3-4,12H2,1-2H3,(H,13,14). The number of amides is 1. The number of carbonyl (C=O) groups is 1. The quantitative estimate of drug-likeness (QED) is 0.569. The first kappa shape index (κ1) is 12.2. The van der Waals surface area contributed by atoms with E-state index in [-0.39, 0.29) is 0 Å². The van der Waals surface area contributed by atoms with Gasteiger partial charge in [-0.25, -0.2) is 0 Å². The van der Waals surface area contributed by atoms with Crippen molar-refractivity contribution in [2.75, 3.05) is 24.3 Å². The van der Waals surface area contributed by atoms with Crippen LogP contribution >= 0.6 is 0 Å². The van der Waals surface area contributed by atoms with Crippen LogP contribution in [0.2, 0.25) is 0 Å². The minimum atomic E-state index is 0.488. The molecule has 0 atom stereocenters. The second-order valence-electron chi connectivity index (χ2n) is 3.01. The van der Waals surface area contributed by atoms with Gasteiger partial charge in [-0.1, -0.05) is 0 Å².